The number of ether oxygens (including phenoxy) is 2. The molecule has 0 amide bonds. The minimum absolute atomic E-state index is 0.0327. The number of hydrogen-bond donors (Lipinski definition) is 3. The van der Waals surface area contributed by atoms with E-state index in [1.54, 1.807) is 0 Å². The molecule has 3 N–H and O–H groups in total. The van der Waals surface area contributed by atoms with Crippen LogP contribution in [0.3, 0.4) is 0 Å². The van der Waals surface area contributed by atoms with Gasteiger partial charge in [0.2, 0.25) is 0 Å². The Labute approximate surface area is 387 Å². The average molecular weight is 874 g/mol. The lowest BCUT2D eigenvalue weighted by molar-refractivity contribution is -0.165. The van der Waals surface area contributed by atoms with E-state index in [-0.39, 0.29) is 33.7 Å². The van der Waals surface area contributed by atoms with E-state index in [2.05, 4.69) is 134 Å². The number of aliphatic hydroxyl groups is 2. The lowest BCUT2D eigenvalue weighted by atomic mass is 9.58. The molecule has 7 nitrogen and oxygen atoms in total. The number of likely N-dealkylation sites (N-methyl/N-ethyl adjacent to an activating group) is 1. The number of aliphatic hydroxyl groups excluding tert-OH is 2. The fourth-order valence-corrected chi connectivity index (χ4v) is 16.5. The van der Waals surface area contributed by atoms with Gasteiger partial charge in [0.25, 0.3) is 0 Å². The van der Waals surface area contributed by atoms with Crippen molar-refractivity contribution in [3.05, 3.63) is 137 Å². The Balaban J connectivity index is 0.000000148. The zero-order valence-corrected chi connectivity index (χ0v) is 39.4. The first-order valence-electron chi connectivity index (χ1n) is 25.4. The molecular formula is C58H71N3O4. The van der Waals surface area contributed by atoms with E-state index in [1.807, 2.05) is 19.4 Å². The quantitative estimate of drug-likeness (QED) is 0.227. The van der Waals surface area contributed by atoms with Gasteiger partial charge < -0.3 is 25.0 Å². The zero-order chi connectivity index (χ0) is 44.6. The molecule has 65 heavy (non-hydrogen) atoms. The third kappa shape index (κ3) is 6.17. The molecule has 4 spiro atoms. The smallest absolute Gasteiger partial charge is 0.104 e. The van der Waals surface area contributed by atoms with Gasteiger partial charge in [-0.15, -0.1) is 0 Å². The minimum atomic E-state index is -0.810. The van der Waals surface area contributed by atoms with Crippen LogP contribution in [0.4, 0.5) is 0 Å². The van der Waals surface area contributed by atoms with Gasteiger partial charge in [0.05, 0.1) is 28.5 Å². The Morgan fingerprint density at radius 1 is 0.785 bits per heavy atom. The highest BCUT2D eigenvalue weighted by Gasteiger charge is 2.69. The third-order valence-electron chi connectivity index (χ3n) is 20.1. The van der Waals surface area contributed by atoms with Crippen LogP contribution in [0.15, 0.2) is 126 Å². The van der Waals surface area contributed by atoms with Crippen LogP contribution in [0.5, 0.6) is 0 Å². The van der Waals surface area contributed by atoms with Crippen LogP contribution in [0.1, 0.15) is 115 Å². The van der Waals surface area contributed by atoms with Gasteiger partial charge in [0, 0.05) is 42.8 Å². The van der Waals surface area contributed by atoms with Crippen LogP contribution < -0.4 is 5.32 Å². The average Bonchev–Trinajstić information content (AvgIpc) is 4.03. The molecule has 2 saturated heterocycles. The van der Waals surface area contributed by atoms with Crippen LogP contribution in [-0.4, -0.2) is 81.4 Å². The van der Waals surface area contributed by atoms with E-state index in [9.17, 15) is 10.2 Å². The van der Waals surface area contributed by atoms with Gasteiger partial charge in [0.15, 0.2) is 0 Å². The molecule has 3 saturated carbocycles. The van der Waals surface area contributed by atoms with E-state index in [0.717, 1.165) is 69.4 Å². The molecular weight excluding hydrogens is 803 g/mol. The summed E-state index contributed by atoms with van der Waals surface area (Å²) in [6, 6.07) is 20.4. The number of rotatable bonds is 6. The number of allylic oxidation sites excluding steroid dienone is 2. The first-order chi connectivity index (χ1) is 31.4. The molecule has 4 aliphatic heterocycles. The molecule has 10 aliphatic rings. The summed E-state index contributed by atoms with van der Waals surface area (Å²) in [6.45, 7) is 9.12. The van der Waals surface area contributed by atoms with Crippen LogP contribution in [-0.2, 0) is 16.0 Å². The Kier molecular flexibility index (Phi) is 9.94. The zero-order valence-electron chi connectivity index (χ0n) is 39.4. The predicted octanol–water partition coefficient (Wildman–Crippen LogP) is 10.3. The van der Waals surface area contributed by atoms with Crippen molar-refractivity contribution in [1.82, 2.24) is 15.2 Å². The van der Waals surface area contributed by atoms with Crippen molar-refractivity contribution in [2.24, 2.45) is 34.5 Å². The van der Waals surface area contributed by atoms with Gasteiger partial charge in [-0.2, -0.15) is 0 Å². The second kappa shape index (κ2) is 15.2. The molecule has 5 heterocycles. The van der Waals surface area contributed by atoms with Crippen LogP contribution in [0.25, 0.3) is 10.8 Å². The summed E-state index contributed by atoms with van der Waals surface area (Å²) in [7, 11) is 4.18. The molecule has 5 fully saturated rings. The Morgan fingerprint density at radius 2 is 1.51 bits per heavy atom. The van der Waals surface area contributed by atoms with Crippen molar-refractivity contribution in [3.8, 4) is 0 Å². The Morgan fingerprint density at radius 3 is 2.31 bits per heavy atom. The number of nitrogens with zero attached hydrogens (tertiary/aromatic N) is 2. The molecule has 3 aromatic rings. The number of benzene rings is 2. The SMILES string of the molecule is CN(Cc1ccccc1)[C@@H]1C=CC2=CC3=CC[C@]4(C)[C@@H](c5ccc6ccncc6c5)CC[C@H]4[C@@]34CC[C@]2(C1)O4.CNC[C@H]1C[C@@]23CC[C@@]4(O2)C(=CC[C@@]2(C)[C@H]4CC[C@@H]2C)C=C3[C@@H](O)[C@@H]1O. The number of nitrogens with one attached hydrogen (secondary N) is 1. The molecule has 1 aromatic heterocycles. The maximum atomic E-state index is 10.9. The topological polar surface area (TPSA) is 87.1 Å². The normalized spacial score (nSPS) is 43.8. The molecule has 14 atom stereocenters. The van der Waals surface area contributed by atoms with Crippen LogP contribution in [0, 0.1) is 34.5 Å². The largest absolute Gasteiger partial charge is 0.390 e. The summed E-state index contributed by atoms with van der Waals surface area (Å²) in [5.74, 6) is 2.46. The summed E-state index contributed by atoms with van der Waals surface area (Å²) in [5.41, 5.74) is 7.69. The summed E-state index contributed by atoms with van der Waals surface area (Å²) in [5, 5.41) is 27.3. The highest BCUT2D eigenvalue weighted by Crippen LogP contribution is 2.70. The maximum absolute atomic E-state index is 10.9. The van der Waals surface area contributed by atoms with E-state index < -0.39 is 12.2 Å². The predicted molar refractivity (Wildman–Crippen MR) is 258 cm³/mol. The minimum Gasteiger partial charge on any atom is -0.390 e. The highest BCUT2D eigenvalue weighted by molar-refractivity contribution is 5.82. The van der Waals surface area contributed by atoms with Gasteiger partial charge >= 0.3 is 0 Å². The van der Waals surface area contributed by atoms with Gasteiger partial charge in [-0.25, -0.2) is 0 Å². The molecule has 4 bridgehead atoms. The van der Waals surface area contributed by atoms with Crippen molar-refractivity contribution < 1.29 is 19.7 Å². The molecule has 2 aromatic carbocycles. The first-order valence-corrected chi connectivity index (χ1v) is 25.4. The molecule has 13 rings (SSSR count). The van der Waals surface area contributed by atoms with Crippen molar-refractivity contribution in [3.63, 3.8) is 0 Å². The number of pyridine rings is 1. The summed E-state index contributed by atoms with van der Waals surface area (Å²) < 4.78 is 14.6. The number of aromatic nitrogens is 1. The van der Waals surface area contributed by atoms with Crippen molar-refractivity contribution in [2.75, 3.05) is 20.6 Å². The van der Waals surface area contributed by atoms with Crippen LogP contribution >= 0.6 is 0 Å². The molecule has 7 heteroatoms. The maximum Gasteiger partial charge on any atom is 0.104 e. The number of hydrogen-bond acceptors (Lipinski definition) is 7. The summed E-state index contributed by atoms with van der Waals surface area (Å²) in [6.07, 6.45) is 30.4. The van der Waals surface area contributed by atoms with Crippen LogP contribution in [0.2, 0.25) is 0 Å². The first kappa shape index (κ1) is 42.6. The van der Waals surface area contributed by atoms with E-state index in [0.29, 0.717) is 35.8 Å². The van der Waals surface area contributed by atoms with Crippen molar-refractivity contribution >= 4 is 10.8 Å². The van der Waals surface area contributed by atoms with Crippen molar-refractivity contribution in [1.29, 1.82) is 0 Å². The molecule has 6 aliphatic carbocycles. The van der Waals surface area contributed by atoms with Gasteiger partial charge in [-0.05, 0) is 177 Å². The standard InChI is InChI=1S/C36H38N2O.C22H33NO3/c1-34-16-14-30-21-29-10-11-31(38(2)24-25-6-4-3-5-7-25)22-35(29)17-18-36(30,39-35)33(34)13-12-32(34)27-9-8-26-15-19-37-23-28(26)20-27;1-13-4-5-17-20(13,2)7-6-15-10-16-19(25)18(24)14(12-23-3)11-21(16)8-9-22(15,17)26-21/h3-11,14-15,19-21,23,31-33H,12-13,16-18,22,24H2,1-2H3;6,10,13-14,17-19,23-25H,4-5,7-9,11-12H2,1-3H3/t31-,32-,33-,34-,35-,36-;13-,14+,17+,18+,19+,20+,21+,22+/m10/s1. The summed E-state index contributed by atoms with van der Waals surface area (Å²) in [4.78, 5) is 6.90. The molecule has 0 radical (unpaired) electrons. The Bertz CT molecular complexity index is 2550. The number of fused-ring (bicyclic) bond motifs is 3. The van der Waals surface area contributed by atoms with Gasteiger partial charge in [0.1, 0.15) is 6.10 Å². The van der Waals surface area contributed by atoms with Gasteiger partial charge in [-0.3, -0.25) is 9.88 Å². The molecule has 342 valence electrons. The lowest BCUT2D eigenvalue weighted by Gasteiger charge is -2.55. The van der Waals surface area contributed by atoms with E-state index >= 15 is 0 Å². The monoisotopic (exact) mass is 874 g/mol. The fourth-order valence-electron chi connectivity index (χ4n) is 16.5. The molecule has 0 unspecified atom stereocenters. The Hall–Kier alpha value is -3.69. The van der Waals surface area contributed by atoms with Crippen molar-refractivity contribution in [2.45, 2.75) is 151 Å². The summed E-state index contributed by atoms with van der Waals surface area (Å²) >= 11 is 0. The third-order valence-corrected chi connectivity index (χ3v) is 20.1. The van der Waals surface area contributed by atoms with E-state index in [1.165, 1.54) is 64.3 Å². The lowest BCUT2D eigenvalue weighted by Crippen LogP contribution is -2.59. The second-order valence-electron chi connectivity index (χ2n) is 23.1. The second-order valence-corrected chi connectivity index (χ2v) is 23.1. The van der Waals surface area contributed by atoms with Gasteiger partial charge in [-0.1, -0.05) is 99.7 Å². The van der Waals surface area contributed by atoms with E-state index in [4.69, 9.17) is 9.47 Å². The fraction of sp³-hybridized carbons (Fsp3) is 0.569. The highest BCUT2D eigenvalue weighted by atomic mass is 16.5.